The molecule has 74 valence electrons. The second-order valence-electron chi connectivity index (χ2n) is 3.47. The van der Waals surface area contributed by atoms with E-state index in [1.165, 1.54) is 0 Å². The molecule has 0 aliphatic rings. The Bertz CT molecular complexity index is 573. The van der Waals surface area contributed by atoms with E-state index in [-0.39, 0.29) is 0 Å². The zero-order chi connectivity index (χ0) is 10.3. The first-order valence-corrected chi connectivity index (χ1v) is 4.80. The van der Waals surface area contributed by atoms with Gasteiger partial charge in [0, 0.05) is 6.20 Å². The standard InChI is InChI=1S/C11H10N4/c1-7-12-6-10(13-7)11-14-8-4-2-3-5-9(8)15-11/h2-6H,1H3,(H,12,13)(H,14,15). The summed E-state index contributed by atoms with van der Waals surface area (Å²) in [5.41, 5.74) is 2.85. The lowest BCUT2D eigenvalue weighted by Crippen LogP contribution is -1.79. The molecule has 0 radical (unpaired) electrons. The number of hydrogen-bond acceptors (Lipinski definition) is 2. The molecule has 3 aromatic rings. The fourth-order valence-corrected chi connectivity index (χ4v) is 1.61. The zero-order valence-corrected chi connectivity index (χ0v) is 8.28. The summed E-state index contributed by atoms with van der Waals surface area (Å²) < 4.78 is 0. The van der Waals surface area contributed by atoms with E-state index in [0.29, 0.717) is 0 Å². The van der Waals surface area contributed by atoms with Crippen LogP contribution in [0.5, 0.6) is 0 Å². The largest absolute Gasteiger partial charge is 0.348 e. The average Bonchev–Trinajstić information content (AvgIpc) is 2.82. The van der Waals surface area contributed by atoms with Gasteiger partial charge in [-0.3, -0.25) is 0 Å². The van der Waals surface area contributed by atoms with Crippen LogP contribution in [0.4, 0.5) is 0 Å². The monoisotopic (exact) mass is 198 g/mol. The van der Waals surface area contributed by atoms with Crippen LogP contribution in [-0.4, -0.2) is 19.9 Å². The Balaban J connectivity index is 2.19. The van der Waals surface area contributed by atoms with Gasteiger partial charge in [-0.05, 0) is 19.1 Å². The van der Waals surface area contributed by atoms with E-state index in [0.717, 1.165) is 28.4 Å². The number of imidazole rings is 2. The van der Waals surface area contributed by atoms with Gasteiger partial charge >= 0.3 is 0 Å². The first kappa shape index (κ1) is 8.23. The summed E-state index contributed by atoms with van der Waals surface area (Å²) in [5.74, 6) is 1.70. The number of aromatic amines is 2. The van der Waals surface area contributed by atoms with Crippen molar-refractivity contribution in [2.24, 2.45) is 0 Å². The molecule has 4 heteroatoms. The predicted octanol–water partition coefficient (Wildman–Crippen LogP) is 2.26. The van der Waals surface area contributed by atoms with Crippen LogP contribution in [0.3, 0.4) is 0 Å². The molecule has 2 heterocycles. The summed E-state index contributed by atoms with van der Waals surface area (Å²) in [7, 11) is 0. The minimum atomic E-state index is 0.806. The van der Waals surface area contributed by atoms with Crippen LogP contribution in [0, 0.1) is 6.92 Å². The van der Waals surface area contributed by atoms with Gasteiger partial charge in [-0.2, -0.15) is 0 Å². The summed E-state index contributed by atoms with van der Waals surface area (Å²) in [5, 5.41) is 0. The normalized spacial score (nSPS) is 11.0. The highest BCUT2D eigenvalue weighted by atomic mass is 15.0. The number of rotatable bonds is 1. The van der Waals surface area contributed by atoms with Crippen molar-refractivity contribution in [3.8, 4) is 11.5 Å². The number of nitrogens with one attached hydrogen (secondary N) is 2. The molecule has 0 unspecified atom stereocenters. The van der Waals surface area contributed by atoms with Crippen molar-refractivity contribution < 1.29 is 0 Å². The van der Waals surface area contributed by atoms with Gasteiger partial charge in [0.2, 0.25) is 0 Å². The van der Waals surface area contributed by atoms with Crippen molar-refractivity contribution >= 4 is 11.0 Å². The molecule has 0 spiro atoms. The number of fused-ring (bicyclic) bond motifs is 1. The van der Waals surface area contributed by atoms with E-state index < -0.39 is 0 Å². The van der Waals surface area contributed by atoms with Gasteiger partial charge in [0.15, 0.2) is 5.82 Å². The molecule has 2 N–H and O–H groups in total. The molecule has 4 nitrogen and oxygen atoms in total. The number of hydrogen-bond donors (Lipinski definition) is 2. The topological polar surface area (TPSA) is 57.4 Å². The molecule has 0 aliphatic carbocycles. The van der Waals surface area contributed by atoms with Gasteiger partial charge in [0.1, 0.15) is 11.5 Å². The van der Waals surface area contributed by atoms with Crippen molar-refractivity contribution in [2.45, 2.75) is 6.92 Å². The molecule has 3 rings (SSSR count). The van der Waals surface area contributed by atoms with Crippen LogP contribution < -0.4 is 0 Å². The zero-order valence-electron chi connectivity index (χ0n) is 8.28. The van der Waals surface area contributed by atoms with Crippen LogP contribution in [0.25, 0.3) is 22.6 Å². The molecule has 2 aromatic heterocycles. The molecular weight excluding hydrogens is 188 g/mol. The van der Waals surface area contributed by atoms with Crippen molar-refractivity contribution in [1.82, 2.24) is 19.9 Å². The molecule has 0 saturated carbocycles. The fourth-order valence-electron chi connectivity index (χ4n) is 1.61. The summed E-state index contributed by atoms with van der Waals surface area (Å²) in [6, 6.07) is 7.95. The van der Waals surface area contributed by atoms with Gasteiger partial charge in [-0.1, -0.05) is 12.1 Å². The Morgan fingerprint density at radius 2 is 2.00 bits per heavy atom. The molecule has 0 bridgehead atoms. The Labute approximate surface area is 86.4 Å². The highest BCUT2D eigenvalue weighted by Crippen LogP contribution is 2.18. The smallest absolute Gasteiger partial charge is 0.158 e. The SMILES string of the molecule is Cc1nc(-c2nc3ccccc3[nH]2)c[nH]1. The van der Waals surface area contributed by atoms with Gasteiger partial charge in [-0.25, -0.2) is 9.97 Å². The van der Waals surface area contributed by atoms with Gasteiger partial charge < -0.3 is 9.97 Å². The second-order valence-corrected chi connectivity index (χ2v) is 3.47. The Kier molecular flexibility index (Phi) is 1.62. The van der Waals surface area contributed by atoms with Crippen LogP contribution >= 0.6 is 0 Å². The Morgan fingerprint density at radius 1 is 1.13 bits per heavy atom. The van der Waals surface area contributed by atoms with E-state index in [2.05, 4.69) is 19.9 Å². The molecular formula is C11H10N4. The first-order chi connectivity index (χ1) is 7.33. The highest BCUT2D eigenvalue weighted by molar-refractivity contribution is 5.78. The number of para-hydroxylation sites is 2. The second kappa shape index (κ2) is 2.95. The van der Waals surface area contributed by atoms with Gasteiger partial charge in [-0.15, -0.1) is 0 Å². The molecule has 0 amide bonds. The van der Waals surface area contributed by atoms with Crippen LogP contribution in [0.2, 0.25) is 0 Å². The maximum Gasteiger partial charge on any atom is 0.158 e. The lowest BCUT2D eigenvalue weighted by atomic mass is 10.3. The third-order valence-electron chi connectivity index (χ3n) is 2.34. The maximum absolute atomic E-state index is 4.46. The summed E-state index contributed by atoms with van der Waals surface area (Å²) in [6.45, 7) is 1.92. The third kappa shape index (κ3) is 1.30. The maximum atomic E-state index is 4.46. The van der Waals surface area contributed by atoms with Crippen molar-refractivity contribution in [3.05, 3.63) is 36.3 Å². The molecule has 0 atom stereocenters. The minimum absolute atomic E-state index is 0.806. The molecule has 0 aliphatic heterocycles. The molecule has 0 saturated heterocycles. The van der Waals surface area contributed by atoms with E-state index >= 15 is 0 Å². The molecule has 0 fully saturated rings. The number of aromatic nitrogens is 4. The number of aryl methyl sites for hydroxylation is 1. The third-order valence-corrected chi connectivity index (χ3v) is 2.34. The quantitative estimate of drug-likeness (QED) is 0.630. The fraction of sp³-hybridized carbons (Fsp3) is 0.0909. The van der Waals surface area contributed by atoms with Crippen LogP contribution in [-0.2, 0) is 0 Å². The lowest BCUT2D eigenvalue weighted by molar-refractivity contribution is 1.14. The Morgan fingerprint density at radius 3 is 2.73 bits per heavy atom. The average molecular weight is 198 g/mol. The number of H-pyrrole nitrogens is 2. The summed E-state index contributed by atoms with van der Waals surface area (Å²) in [6.07, 6.45) is 1.85. The van der Waals surface area contributed by atoms with Crippen molar-refractivity contribution in [1.29, 1.82) is 0 Å². The van der Waals surface area contributed by atoms with Crippen LogP contribution in [0.15, 0.2) is 30.5 Å². The van der Waals surface area contributed by atoms with Crippen LogP contribution in [0.1, 0.15) is 5.82 Å². The van der Waals surface area contributed by atoms with Gasteiger partial charge in [0.25, 0.3) is 0 Å². The van der Waals surface area contributed by atoms with Crippen molar-refractivity contribution in [2.75, 3.05) is 0 Å². The van der Waals surface area contributed by atoms with Gasteiger partial charge in [0.05, 0.1) is 11.0 Å². The Hall–Kier alpha value is -2.10. The lowest BCUT2D eigenvalue weighted by Gasteiger charge is -1.85. The minimum Gasteiger partial charge on any atom is -0.348 e. The van der Waals surface area contributed by atoms with E-state index in [1.54, 1.807) is 0 Å². The first-order valence-electron chi connectivity index (χ1n) is 4.80. The van der Waals surface area contributed by atoms with E-state index in [9.17, 15) is 0 Å². The summed E-state index contributed by atoms with van der Waals surface area (Å²) in [4.78, 5) is 15.1. The van der Waals surface area contributed by atoms with Crippen molar-refractivity contribution in [3.63, 3.8) is 0 Å². The number of benzene rings is 1. The summed E-state index contributed by atoms with van der Waals surface area (Å²) >= 11 is 0. The number of nitrogens with zero attached hydrogens (tertiary/aromatic N) is 2. The molecule has 15 heavy (non-hydrogen) atoms. The predicted molar refractivity (Wildman–Crippen MR) is 58.4 cm³/mol. The van der Waals surface area contributed by atoms with E-state index in [4.69, 9.17) is 0 Å². The molecule has 1 aromatic carbocycles. The highest BCUT2D eigenvalue weighted by Gasteiger charge is 2.06. The van der Waals surface area contributed by atoms with E-state index in [1.807, 2.05) is 37.4 Å².